The fourth-order valence-electron chi connectivity index (χ4n) is 4.25. The Hall–Kier alpha value is -2.83. The second kappa shape index (κ2) is 8.90. The number of carbonyl (C=O) groups is 1. The molecular formula is C24H29N3O3. The molecule has 0 aliphatic carbocycles. The molecule has 0 saturated carbocycles. The predicted molar refractivity (Wildman–Crippen MR) is 118 cm³/mol. The summed E-state index contributed by atoms with van der Waals surface area (Å²) in [4.78, 5) is 14.5. The van der Waals surface area contributed by atoms with E-state index < -0.39 is 6.10 Å². The van der Waals surface area contributed by atoms with Crippen molar-refractivity contribution in [2.24, 2.45) is 7.05 Å². The van der Waals surface area contributed by atoms with Gasteiger partial charge in [-0.2, -0.15) is 0 Å². The van der Waals surface area contributed by atoms with Crippen LogP contribution in [0.15, 0.2) is 48.7 Å². The first-order chi connectivity index (χ1) is 14.5. The summed E-state index contributed by atoms with van der Waals surface area (Å²) in [5, 5.41) is 14.2. The van der Waals surface area contributed by atoms with Crippen LogP contribution in [-0.2, 0) is 24.8 Å². The predicted octanol–water partition coefficient (Wildman–Crippen LogP) is 2.40. The monoisotopic (exact) mass is 407 g/mol. The maximum Gasteiger partial charge on any atom is 0.258 e. The second-order valence-electron chi connectivity index (χ2n) is 8.07. The Morgan fingerprint density at radius 1 is 1.20 bits per heavy atom. The van der Waals surface area contributed by atoms with Crippen LogP contribution in [0.4, 0.5) is 0 Å². The fraction of sp³-hybridized carbons (Fsp3) is 0.375. The number of rotatable bonds is 7. The summed E-state index contributed by atoms with van der Waals surface area (Å²) in [6, 6.07) is 14.3. The minimum atomic E-state index is -0.612. The molecule has 3 aromatic rings. The first-order valence-corrected chi connectivity index (χ1v) is 10.4. The van der Waals surface area contributed by atoms with Crippen molar-refractivity contribution in [1.29, 1.82) is 0 Å². The van der Waals surface area contributed by atoms with Gasteiger partial charge in [-0.1, -0.05) is 30.3 Å². The van der Waals surface area contributed by atoms with E-state index in [-0.39, 0.29) is 19.1 Å². The lowest BCUT2D eigenvalue weighted by Crippen LogP contribution is -2.42. The van der Waals surface area contributed by atoms with Crippen LogP contribution in [0.5, 0.6) is 5.75 Å². The minimum Gasteiger partial charge on any atom is -0.483 e. The van der Waals surface area contributed by atoms with E-state index in [2.05, 4.69) is 34.5 Å². The van der Waals surface area contributed by atoms with E-state index in [0.717, 1.165) is 36.0 Å². The number of hydrogen-bond donors (Lipinski definition) is 2. The molecule has 0 bridgehead atoms. The number of aryl methyl sites for hydroxylation is 2. The average Bonchev–Trinajstić information content (AvgIpc) is 3.05. The third kappa shape index (κ3) is 4.50. The van der Waals surface area contributed by atoms with E-state index in [4.69, 9.17) is 4.74 Å². The molecule has 6 heteroatoms. The molecule has 30 heavy (non-hydrogen) atoms. The maximum absolute atomic E-state index is 12.2. The van der Waals surface area contributed by atoms with Gasteiger partial charge in [-0.05, 0) is 42.2 Å². The molecule has 1 amide bonds. The highest BCUT2D eigenvalue weighted by molar-refractivity contribution is 5.90. The molecule has 0 unspecified atom stereocenters. The largest absolute Gasteiger partial charge is 0.483 e. The number of carbonyl (C=O) groups excluding carboxylic acids is 1. The van der Waals surface area contributed by atoms with Gasteiger partial charge in [0.25, 0.3) is 5.91 Å². The van der Waals surface area contributed by atoms with Crippen molar-refractivity contribution in [2.75, 3.05) is 26.2 Å². The highest BCUT2D eigenvalue weighted by atomic mass is 16.5. The van der Waals surface area contributed by atoms with Crippen molar-refractivity contribution in [2.45, 2.75) is 26.0 Å². The summed E-state index contributed by atoms with van der Waals surface area (Å²) in [7, 11) is 1.99. The van der Waals surface area contributed by atoms with E-state index in [1.165, 1.54) is 11.1 Å². The molecule has 0 saturated heterocycles. The van der Waals surface area contributed by atoms with Crippen LogP contribution >= 0.6 is 0 Å². The molecule has 0 fully saturated rings. The number of hydrogen-bond acceptors (Lipinski definition) is 4. The molecule has 4 rings (SSSR count). The van der Waals surface area contributed by atoms with Crippen molar-refractivity contribution in [1.82, 2.24) is 14.8 Å². The van der Waals surface area contributed by atoms with Gasteiger partial charge >= 0.3 is 0 Å². The van der Waals surface area contributed by atoms with Crippen molar-refractivity contribution in [3.05, 3.63) is 65.4 Å². The Labute approximate surface area is 177 Å². The van der Waals surface area contributed by atoms with Gasteiger partial charge in [0.2, 0.25) is 0 Å². The molecule has 158 valence electrons. The number of aromatic nitrogens is 1. The van der Waals surface area contributed by atoms with Crippen molar-refractivity contribution in [3.8, 4) is 5.75 Å². The van der Waals surface area contributed by atoms with Crippen molar-refractivity contribution in [3.63, 3.8) is 0 Å². The van der Waals surface area contributed by atoms with Crippen LogP contribution in [0, 0.1) is 6.92 Å². The van der Waals surface area contributed by atoms with Crippen LogP contribution in [0.25, 0.3) is 10.9 Å². The molecule has 2 aromatic carbocycles. The summed E-state index contributed by atoms with van der Waals surface area (Å²) < 4.78 is 7.83. The quantitative estimate of drug-likeness (QED) is 0.631. The molecule has 0 radical (unpaired) electrons. The lowest BCUT2D eigenvalue weighted by Gasteiger charge is -2.30. The van der Waals surface area contributed by atoms with Gasteiger partial charge in [0.05, 0.1) is 11.6 Å². The molecule has 6 nitrogen and oxygen atoms in total. The lowest BCUT2D eigenvalue weighted by atomic mass is 10.00. The molecule has 1 aliphatic rings. The highest BCUT2D eigenvalue weighted by Gasteiger charge is 2.19. The summed E-state index contributed by atoms with van der Waals surface area (Å²) in [5.74, 6) is 0.469. The van der Waals surface area contributed by atoms with E-state index in [0.29, 0.717) is 12.3 Å². The number of ether oxygens (including phenoxy) is 1. The number of aliphatic hydroxyl groups excluding tert-OH is 1. The smallest absolute Gasteiger partial charge is 0.258 e. The van der Waals surface area contributed by atoms with Gasteiger partial charge in [0.1, 0.15) is 5.75 Å². The lowest BCUT2D eigenvalue weighted by molar-refractivity contribution is -0.123. The number of nitrogens with zero attached hydrogens (tertiary/aromatic N) is 2. The molecular weight excluding hydrogens is 378 g/mol. The number of fused-ring (bicyclic) bond motifs is 2. The Bertz CT molecular complexity index is 1040. The summed E-state index contributed by atoms with van der Waals surface area (Å²) in [6.45, 7) is 4.48. The van der Waals surface area contributed by atoms with Gasteiger partial charge < -0.3 is 19.7 Å². The molecule has 1 atom stereocenters. The van der Waals surface area contributed by atoms with Crippen LogP contribution in [0.2, 0.25) is 0 Å². The fourth-order valence-corrected chi connectivity index (χ4v) is 4.25. The van der Waals surface area contributed by atoms with E-state index in [9.17, 15) is 9.90 Å². The average molecular weight is 408 g/mol. The van der Waals surface area contributed by atoms with Gasteiger partial charge in [-0.3, -0.25) is 9.69 Å². The standard InChI is InChI=1S/C24H29N3O3/c1-17-13-26(2)21-8-5-9-22(24(17)21)30-16-23(29)25-12-20(28)15-27-11-10-18-6-3-4-7-19(18)14-27/h3-9,13,20,28H,10-12,14-16H2,1-2H3,(H,25,29)/t20-/m0/s1. The maximum atomic E-state index is 12.2. The normalized spacial score (nSPS) is 15.0. The number of aliphatic hydroxyl groups is 1. The molecule has 2 heterocycles. The highest BCUT2D eigenvalue weighted by Crippen LogP contribution is 2.29. The topological polar surface area (TPSA) is 66.7 Å². The van der Waals surface area contributed by atoms with Crippen LogP contribution < -0.4 is 10.1 Å². The van der Waals surface area contributed by atoms with E-state index in [1.54, 1.807) is 0 Å². The Morgan fingerprint density at radius 2 is 2.00 bits per heavy atom. The first kappa shape index (κ1) is 20.4. The first-order valence-electron chi connectivity index (χ1n) is 10.4. The molecule has 1 aliphatic heterocycles. The van der Waals surface area contributed by atoms with Gasteiger partial charge in [0, 0.05) is 44.8 Å². The Morgan fingerprint density at radius 3 is 2.83 bits per heavy atom. The van der Waals surface area contributed by atoms with Crippen LogP contribution in [-0.4, -0.2) is 52.8 Å². The number of nitrogens with one attached hydrogen (secondary N) is 1. The zero-order valence-corrected chi connectivity index (χ0v) is 17.6. The number of β-amino-alcohol motifs (C(OH)–C–C–N with tert-alkyl or cyclic N) is 1. The number of amides is 1. The van der Waals surface area contributed by atoms with Crippen molar-refractivity contribution < 1.29 is 14.6 Å². The van der Waals surface area contributed by atoms with Crippen LogP contribution in [0.3, 0.4) is 0 Å². The third-order valence-electron chi connectivity index (χ3n) is 5.74. The second-order valence-corrected chi connectivity index (χ2v) is 8.07. The van der Waals surface area contributed by atoms with E-state index in [1.807, 2.05) is 42.9 Å². The molecule has 2 N–H and O–H groups in total. The Balaban J connectivity index is 1.24. The van der Waals surface area contributed by atoms with E-state index >= 15 is 0 Å². The van der Waals surface area contributed by atoms with Gasteiger partial charge in [-0.15, -0.1) is 0 Å². The molecule has 0 spiro atoms. The summed E-state index contributed by atoms with van der Waals surface area (Å²) >= 11 is 0. The zero-order valence-electron chi connectivity index (χ0n) is 17.6. The third-order valence-corrected chi connectivity index (χ3v) is 5.74. The van der Waals surface area contributed by atoms with Gasteiger partial charge in [-0.25, -0.2) is 0 Å². The number of benzene rings is 2. The summed E-state index contributed by atoms with van der Waals surface area (Å²) in [5.41, 5.74) is 4.89. The zero-order chi connectivity index (χ0) is 21.1. The minimum absolute atomic E-state index is 0.0722. The van der Waals surface area contributed by atoms with Crippen molar-refractivity contribution >= 4 is 16.8 Å². The van der Waals surface area contributed by atoms with Crippen LogP contribution in [0.1, 0.15) is 16.7 Å². The Kier molecular flexibility index (Phi) is 6.06. The molecule has 1 aromatic heterocycles. The SMILES string of the molecule is Cc1cn(C)c2cccc(OCC(=O)NC[C@H](O)CN3CCc4ccccc4C3)c12. The van der Waals surface area contributed by atoms with Gasteiger partial charge in [0.15, 0.2) is 6.61 Å². The summed E-state index contributed by atoms with van der Waals surface area (Å²) in [6.07, 6.45) is 2.43.